The van der Waals surface area contributed by atoms with Gasteiger partial charge in [-0.2, -0.15) is 0 Å². The van der Waals surface area contributed by atoms with E-state index in [1.807, 2.05) is 0 Å². The first-order valence-electron chi connectivity index (χ1n) is 11.1. The van der Waals surface area contributed by atoms with Crippen molar-refractivity contribution >= 4 is 24.5 Å². The molecule has 0 amide bonds. The van der Waals surface area contributed by atoms with Gasteiger partial charge in [0, 0.05) is 0 Å². The van der Waals surface area contributed by atoms with E-state index in [9.17, 15) is 5.11 Å². The molecule has 0 radical (unpaired) electrons. The van der Waals surface area contributed by atoms with E-state index in [1.165, 1.54) is 27.1 Å². The van der Waals surface area contributed by atoms with E-state index in [0.717, 1.165) is 24.1 Å². The Morgan fingerprint density at radius 2 is 1.55 bits per heavy atom. The van der Waals surface area contributed by atoms with Crippen molar-refractivity contribution in [1.29, 1.82) is 0 Å². The molecule has 0 fully saturated rings. The average Bonchev–Trinajstić information content (AvgIpc) is 3.11. The minimum absolute atomic E-state index is 0.0443. The molecule has 1 nitrogen and oxygen atoms in total. The minimum Gasteiger partial charge on any atom is -0.508 e. The van der Waals surface area contributed by atoms with Gasteiger partial charge in [-0.05, 0) is 49.9 Å². The van der Waals surface area contributed by atoms with E-state index < -0.39 is 8.07 Å². The number of benzene rings is 2. The van der Waals surface area contributed by atoms with Crippen LogP contribution in [0.5, 0.6) is 5.75 Å². The lowest BCUT2D eigenvalue weighted by Crippen LogP contribution is -2.58. The monoisotopic (exact) mass is 406 g/mol. The molecule has 0 saturated carbocycles. The van der Waals surface area contributed by atoms with Gasteiger partial charge in [0.05, 0.1) is 0 Å². The Labute approximate surface area is 178 Å². The van der Waals surface area contributed by atoms with E-state index in [1.54, 1.807) is 0 Å². The van der Waals surface area contributed by atoms with Crippen LogP contribution >= 0.6 is 0 Å². The summed E-state index contributed by atoms with van der Waals surface area (Å²) in [5.74, 6) is 0.542. The molecule has 0 spiro atoms. The van der Waals surface area contributed by atoms with E-state index >= 15 is 0 Å². The molecule has 29 heavy (non-hydrogen) atoms. The number of fused-ring (bicyclic) bond motifs is 1. The van der Waals surface area contributed by atoms with Crippen LogP contribution in [0, 0.1) is 0 Å². The van der Waals surface area contributed by atoms with Gasteiger partial charge in [0.25, 0.3) is 0 Å². The summed E-state index contributed by atoms with van der Waals surface area (Å²) < 4.78 is 0. The summed E-state index contributed by atoms with van der Waals surface area (Å²) in [5.41, 5.74) is 5.21. The molecular weight excluding hydrogens is 368 g/mol. The lowest BCUT2D eigenvalue weighted by Gasteiger charge is -2.36. The van der Waals surface area contributed by atoms with Crippen molar-refractivity contribution in [3.8, 4) is 5.75 Å². The highest BCUT2D eigenvalue weighted by Crippen LogP contribution is 2.37. The SMILES string of the molecule is CC[Si](CC)(c1cc(C(C)(C)C)cc(C(C)(C)C)c1O)c1cccc2c1C=CC2. The lowest BCUT2D eigenvalue weighted by atomic mass is 9.80. The molecule has 1 N–H and O–H groups in total. The first kappa shape index (κ1) is 21.9. The number of phenolic OH excluding ortho intramolecular Hbond substituents is 1. The summed E-state index contributed by atoms with van der Waals surface area (Å²) in [6.45, 7) is 18.1. The summed E-state index contributed by atoms with van der Waals surface area (Å²) >= 11 is 0. The zero-order valence-electron chi connectivity index (χ0n) is 19.6. The fraction of sp³-hybridized carbons (Fsp3) is 0.481. The van der Waals surface area contributed by atoms with Crippen LogP contribution in [-0.2, 0) is 17.3 Å². The van der Waals surface area contributed by atoms with Crippen LogP contribution in [0.1, 0.15) is 77.6 Å². The highest BCUT2D eigenvalue weighted by atomic mass is 28.3. The maximum Gasteiger partial charge on any atom is 0.123 e. The number of rotatable bonds is 4. The Kier molecular flexibility index (Phi) is 5.64. The molecule has 0 heterocycles. The third kappa shape index (κ3) is 3.72. The molecule has 2 heteroatoms. The van der Waals surface area contributed by atoms with Gasteiger partial charge in [-0.3, -0.25) is 0 Å². The van der Waals surface area contributed by atoms with Gasteiger partial charge in [0.15, 0.2) is 0 Å². The second-order valence-corrected chi connectivity index (χ2v) is 15.3. The number of aromatic hydroxyl groups is 1. The average molecular weight is 407 g/mol. The molecular formula is C27H38OSi. The molecule has 2 aromatic carbocycles. The highest BCUT2D eigenvalue weighted by molar-refractivity contribution is 7.03. The molecule has 1 aliphatic carbocycles. The van der Waals surface area contributed by atoms with Crippen LogP contribution in [0.25, 0.3) is 6.08 Å². The standard InChI is InChI=1S/C27H38OSi/c1-9-29(10-2,23-16-12-14-19-13-11-15-21(19)23)24-18-20(26(3,4)5)17-22(25(24)28)27(6,7)8/h11-12,14-18,28H,9-10,13H2,1-8H3. The van der Waals surface area contributed by atoms with Crippen molar-refractivity contribution in [1.82, 2.24) is 0 Å². The van der Waals surface area contributed by atoms with Gasteiger partial charge >= 0.3 is 0 Å². The normalized spacial score (nSPS) is 14.3. The van der Waals surface area contributed by atoms with E-state index in [0.29, 0.717) is 5.75 Å². The maximum absolute atomic E-state index is 11.6. The fourth-order valence-corrected chi connectivity index (χ4v) is 9.38. The number of phenols is 1. The van der Waals surface area contributed by atoms with Gasteiger partial charge in [-0.15, -0.1) is 0 Å². The van der Waals surface area contributed by atoms with Crippen LogP contribution in [-0.4, -0.2) is 13.2 Å². The van der Waals surface area contributed by atoms with Gasteiger partial charge in [-0.25, -0.2) is 0 Å². The molecule has 0 saturated heterocycles. The summed E-state index contributed by atoms with van der Waals surface area (Å²) in [6, 6.07) is 13.6. The Morgan fingerprint density at radius 1 is 0.897 bits per heavy atom. The molecule has 0 aromatic heterocycles. The zero-order valence-corrected chi connectivity index (χ0v) is 20.6. The van der Waals surface area contributed by atoms with Gasteiger partial charge < -0.3 is 5.11 Å². The van der Waals surface area contributed by atoms with E-state index in [4.69, 9.17) is 0 Å². The molecule has 0 aliphatic heterocycles. The first-order valence-corrected chi connectivity index (χ1v) is 13.5. The first-order chi connectivity index (χ1) is 13.5. The highest BCUT2D eigenvalue weighted by Gasteiger charge is 2.40. The minimum atomic E-state index is -2.12. The molecule has 2 aromatic rings. The van der Waals surface area contributed by atoms with Crippen molar-refractivity contribution in [2.75, 3.05) is 0 Å². The maximum atomic E-state index is 11.6. The van der Waals surface area contributed by atoms with Crippen molar-refractivity contribution in [3.05, 3.63) is 58.7 Å². The fourth-order valence-electron chi connectivity index (χ4n) is 4.87. The molecule has 0 atom stereocenters. The van der Waals surface area contributed by atoms with E-state index in [-0.39, 0.29) is 10.8 Å². The largest absolute Gasteiger partial charge is 0.508 e. The van der Waals surface area contributed by atoms with Gasteiger partial charge in [-0.1, -0.05) is 110 Å². The molecule has 0 bridgehead atoms. The molecule has 1 aliphatic rings. The van der Waals surface area contributed by atoms with Gasteiger partial charge in [0.1, 0.15) is 13.8 Å². The Hall–Kier alpha value is -1.80. The molecule has 3 rings (SSSR count). The zero-order chi connectivity index (χ0) is 21.6. The lowest BCUT2D eigenvalue weighted by molar-refractivity contribution is 0.448. The van der Waals surface area contributed by atoms with Crippen LogP contribution < -0.4 is 10.4 Å². The summed E-state index contributed by atoms with van der Waals surface area (Å²) in [7, 11) is -2.12. The molecule has 0 unspecified atom stereocenters. The second-order valence-electron chi connectivity index (χ2n) is 10.7. The topological polar surface area (TPSA) is 20.2 Å². The Morgan fingerprint density at radius 3 is 2.10 bits per heavy atom. The Bertz CT molecular complexity index is 934. The van der Waals surface area contributed by atoms with Crippen LogP contribution in [0.15, 0.2) is 36.4 Å². The summed E-state index contributed by atoms with van der Waals surface area (Å²) in [6.07, 6.45) is 5.63. The second kappa shape index (κ2) is 7.47. The van der Waals surface area contributed by atoms with Gasteiger partial charge in [0.2, 0.25) is 0 Å². The number of hydrogen-bond acceptors (Lipinski definition) is 1. The summed E-state index contributed by atoms with van der Waals surface area (Å²) in [4.78, 5) is 0. The van der Waals surface area contributed by atoms with Crippen molar-refractivity contribution in [2.24, 2.45) is 0 Å². The van der Waals surface area contributed by atoms with Crippen molar-refractivity contribution < 1.29 is 5.11 Å². The van der Waals surface area contributed by atoms with Crippen molar-refractivity contribution in [2.45, 2.75) is 84.7 Å². The Balaban J connectivity index is 2.39. The predicted molar refractivity (Wildman–Crippen MR) is 131 cm³/mol. The van der Waals surface area contributed by atoms with E-state index in [2.05, 4.69) is 97.9 Å². The quantitative estimate of drug-likeness (QED) is 0.603. The third-order valence-corrected chi connectivity index (χ3v) is 12.1. The predicted octanol–water partition coefficient (Wildman–Crippen LogP) is 6.16. The smallest absolute Gasteiger partial charge is 0.123 e. The molecule has 156 valence electrons. The van der Waals surface area contributed by atoms with Crippen molar-refractivity contribution in [3.63, 3.8) is 0 Å². The summed E-state index contributed by atoms with van der Waals surface area (Å²) in [5, 5.41) is 14.4. The number of hydrogen-bond donors (Lipinski definition) is 1. The van der Waals surface area contributed by atoms with Crippen LogP contribution in [0.3, 0.4) is 0 Å². The van der Waals surface area contributed by atoms with Crippen LogP contribution in [0.2, 0.25) is 12.1 Å². The van der Waals surface area contributed by atoms with Crippen LogP contribution in [0.4, 0.5) is 0 Å². The third-order valence-electron chi connectivity index (χ3n) is 6.84. The number of allylic oxidation sites excluding steroid dienone is 1.